The van der Waals surface area contributed by atoms with Gasteiger partial charge < -0.3 is 10.3 Å². The highest BCUT2D eigenvalue weighted by molar-refractivity contribution is 6.31. The van der Waals surface area contributed by atoms with Gasteiger partial charge in [-0.25, -0.2) is 0 Å². The molecule has 4 rings (SSSR count). The fourth-order valence-corrected chi connectivity index (χ4v) is 3.80. The maximum absolute atomic E-state index is 6.45. The van der Waals surface area contributed by atoms with Gasteiger partial charge in [0, 0.05) is 15.9 Å². The summed E-state index contributed by atoms with van der Waals surface area (Å²) in [6.45, 7) is 3.30. The van der Waals surface area contributed by atoms with Crippen LogP contribution in [0.1, 0.15) is 35.7 Å². The fourth-order valence-electron chi connectivity index (χ4n) is 3.54. The summed E-state index contributed by atoms with van der Waals surface area (Å²) >= 11 is 6.45. The Morgan fingerprint density at radius 2 is 1.86 bits per heavy atom. The third-order valence-electron chi connectivity index (χ3n) is 4.59. The fraction of sp³-hybridized carbons (Fsp3) is 0.222. The van der Waals surface area contributed by atoms with E-state index in [-0.39, 0.29) is 0 Å². The van der Waals surface area contributed by atoms with Crippen LogP contribution in [0.2, 0.25) is 5.02 Å². The lowest BCUT2D eigenvalue weighted by molar-refractivity contribution is -0.698. The van der Waals surface area contributed by atoms with E-state index in [2.05, 4.69) is 53.6 Å². The monoisotopic (exact) mass is 297 g/mol. The van der Waals surface area contributed by atoms with Gasteiger partial charge in [-0.15, -0.1) is 0 Å². The largest absolute Gasteiger partial charge is 0.353 e. The SMILES string of the molecule is C[C@H]1[NH2+]C[C@H](c2ccccc2Cl)c2c1[nH]c1ccccc21. The Balaban J connectivity index is 1.98. The molecule has 2 aromatic carbocycles. The molecular formula is C18H18ClN2+. The minimum Gasteiger partial charge on any atom is -0.353 e. The standard InChI is InChI=1S/C18H17ClN2/c1-11-18-17(13-7-3-5-9-16(13)21-18)14(10-20-11)12-6-2-4-8-15(12)19/h2-9,11,14,20-21H,10H2,1H3/p+1/t11-,14-/m1/s1. The summed E-state index contributed by atoms with van der Waals surface area (Å²) in [5.41, 5.74) is 5.22. The molecule has 2 nitrogen and oxygen atoms in total. The molecule has 0 spiro atoms. The summed E-state index contributed by atoms with van der Waals surface area (Å²) in [7, 11) is 0. The van der Waals surface area contributed by atoms with E-state index in [0.29, 0.717) is 12.0 Å². The number of quaternary nitrogens is 1. The van der Waals surface area contributed by atoms with Gasteiger partial charge in [-0.3, -0.25) is 0 Å². The molecule has 3 aromatic rings. The zero-order valence-electron chi connectivity index (χ0n) is 11.9. The number of nitrogens with one attached hydrogen (secondary N) is 1. The highest BCUT2D eigenvalue weighted by Gasteiger charge is 2.33. The van der Waals surface area contributed by atoms with Crippen LogP contribution in [0.5, 0.6) is 0 Å². The van der Waals surface area contributed by atoms with Crippen LogP contribution in [0.3, 0.4) is 0 Å². The Bertz CT molecular complexity index is 806. The highest BCUT2D eigenvalue weighted by Crippen LogP contribution is 2.39. The quantitative estimate of drug-likeness (QED) is 0.688. The van der Waals surface area contributed by atoms with Crippen LogP contribution >= 0.6 is 11.6 Å². The molecule has 106 valence electrons. The van der Waals surface area contributed by atoms with Crippen molar-refractivity contribution in [1.82, 2.24) is 4.98 Å². The van der Waals surface area contributed by atoms with Gasteiger partial charge in [0.15, 0.2) is 0 Å². The van der Waals surface area contributed by atoms with Crippen molar-refractivity contribution < 1.29 is 5.32 Å². The van der Waals surface area contributed by atoms with Gasteiger partial charge in [0.1, 0.15) is 6.04 Å². The van der Waals surface area contributed by atoms with Crippen LogP contribution < -0.4 is 5.32 Å². The molecule has 21 heavy (non-hydrogen) atoms. The molecule has 1 aromatic heterocycles. The number of H-pyrrole nitrogens is 1. The highest BCUT2D eigenvalue weighted by atomic mass is 35.5. The molecule has 0 saturated carbocycles. The van der Waals surface area contributed by atoms with E-state index in [1.54, 1.807) is 0 Å². The van der Waals surface area contributed by atoms with Crippen molar-refractivity contribution >= 4 is 22.5 Å². The van der Waals surface area contributed by atoms with Crippen molar-refractivity contribution in [3.05, 3.63) is 70.4 Å². The summed E-state index contributed by atoms with van der Waals surface area (Å²) in [6, 6.07) is 17.3. The summed E-state index contributed by atoms with van der Waals surface area (Å²) in [4.78, 5) is 3.61. The third kappa shape index (κ3) is 1.98. The Hall–Kier alpha value is -1.77. The van der Waals surface area contributed by atoms with Gasteiger partial charge in [0.05, 0.1) is 18.2 Å². The maximum Gasteiger partial charge on any atom is 0.124 e. The van der Waals surface area contributed by atoms with Crippen LogP contribution in [0.4, 0.5) is 0 Å². The van der Waals surface area contributed by atoms with Crippen molar-refractivity contribution in [2.75, 3.05) is 6.54 Å². The smallest absolute Gasteiger partial charge is 0.124 e. The lowest BCUT2D eigenvalue weighted by Crippen LogP contribution is -2.87. The molecule has 0 aliphatic carbocycles. The number of nitrogens with two attached hydrogens (primary N) is 1. The molecule has 0 unspecified atom stereocenters. The Morgan fingerprint density at radius 3 is 2.71 bits per heavy atom. The Kier molecular flexibility index (Phi) is 3.02. The zero-order valence-corrected chi connectivity index (χ0v) is 12.7. The molecule has 0 saturated heterocycles. The second kappa shape index (κ2) is 4.90. The number of hydrogen-bond donors (Lipinski definition) is 2. The minimum absolute atomic E-state index is 0.348. The molecule has 3 N–H and O–H groups in total. The topological polar surface area (TPSA) is 32.4 Å². The summed E-state index contributed by atoms with van der Waals surface area (Å²) in [5, 5.41) is 4.59. The van der Waals surface area contributed by atoms with E-state index in [1.807, 2.05) is 12.1 Å². The number of rotatable bonds is 1. The second-order valence-electron chi connectivity index (χ2n) is 5.83. The number of benzene rings is 2. The Labute approximate surface area is 129 Å². The van der Waals surface area contributed by atoms with E-state index < -0.39 is 0 Å². The van der Waals surface area contributed by atoms with Gasteiger partial charge in [0.2, 0.25) is 0 Å². The van der Waals surface area contributed by atoms with Gasteiger partial charge in [-0.05, 0) is 30.2 Å². The molecule has 2 atom stereocenters. The zero-order chi connectivity index (χ0) is 14.4. The molecule has 1 aliphatic heterocycles. The maximum atomic E-state index is 6.45. The van der Waals surface area contributed by atoms with Crippen LogP contribution in [-0.4, -0.2) is 11.5 Å². The van der Waals surface area contributed by atoms with E-state index in [1.165, 1.54) is 27.7 Å². The average molecular weight is 298 g/mol. The summed E-state index contributed by atoms with van der Waals surface area (Å²) in [5.74, 6) is 0.348. The van der Waals surface area contributed by atoms with E-state index in [4.69, 9.17) is 11.6 Å². The molecule has 0 bridgehead atoms. The summed E-state index contributed by atoms with van der Waals surface area (Å²) < 4.78 is 0. The average Bonchev–Trinajstić information content (AvgIpc) is 2.89. The number of fused-ring (bicyclic) bond motifs is 3. The third-order valence-corrected chi connectivity index (χ3v) is 4.93. The van der Waals surface area contributed by atoms with E-state index >= 15 is 0 Å². The minimum atomic E-state index is 0.348. The van der Waals surface area contributed by atoms with Crippen LogP contribution in [-0.2, 0) is 0 Å². The van der Waals surface area contributed by atoms with Gasteiger partial charge in [-0.2, -0.15) is 0 Å². The number of hydrogen-bond acceptors (Lipinski definition) is 0. The normalized spacial score (nSPS) is 21.4. The molecular weight excluding hydrogens is 280 g/mol. The van der Waals surface area contributed by atoms with Crippen LogP contribution in [0.15, 0.2) is 48.5 Å². The van der Waals surface area contributed by atoms with E-state index in [0.717, 1.165) is 11.6 Å². The Morgan fingerprint density at radius 1 is 1.10 bits per heavy atom. The van der Waals surface area contributed by atoms with Gasteiger partial charge in [-0.1, -0.05) is 48.0 Å². The lowest BCUT2D eigenvalue weighted by atomic mass is 9.85. The van der Waals surface area contributed by atoms with Crippen LogP contribution in [0, 0.1) is 0 Å². The summed E-state index contributed by atoms with van der Waals surface area (Å²) in [6.07, 6.45) is 0. The first-order chi connectivity index (χ1) is 10.3. The predicted octanol–water partition coefficient (Wildman–Crippen LogP) is 3.59. The number of halogens is 1. The number of para-hydroxylation sites is 1. The first-order valence-electron chi connectivity index (χ1n) is 7.44. The molecule has 0 radical (unpaired) electrons. The van der Waals surface area contributed by atoms with Crippen LogP contribution in [0.25, 0.3) is 10.9 Å². The lowest BCUT2D eigenvalue weighted by Gasteiger charge is -2.26. The second-order valence-corrected chi connectivity index (χ2v) is 6.24. The predicted molar refractivity (Wildman–Crippen MR) is 86.8 cm³/mol. The van der Waals surface area contributed by atoms with Crippen molar-refractivity contribution in [2.45, 2.75) is 18.9 Å². The first-order valence-corrected chi connectivity index (χ1v) is 7.81. The molecule has 2 heterocycles. The van der Waals surface area contributed by atoms with Crippen molar-refractivity contribution in [2.24, 2.45) is 0 Å². The first kappa shape index (κ1) is 12.9. The van der Waals surface area contributed by atoms with E-state index in [9.17, 15) is 0 Å². The number of aromatic amines is 1. The molecule has 3 heteroatoms. The molecule has 1 aliphatic rings. The molecule has 0 fully saturated rings. The molecule has 0 amide bonds. The van der Waals surface area contributed by atoms with Crippen molar-refractivity contribution in [3.8, 4) is 0 Å². The van der Waals surface area contributed by atoms with Gasteiger partial charge >= 0.3 is 0 Å². The van der Waals surface area contributed by atoms with Crippen molar-refractivity contribution in [3.63, 3.8) is 0 Å². The van der Waals surface area contributed by atoms with Gasteiger partial charge in [0.25, 0.3) is 0 Å². The van der Waals surface area contributed by atoms with Crippen molar-refractivity contribution in [1.29, 1.82) is 0 Å². The number of aromatic nitrogens is 1.